The molecule has 31 heavy (non-hydrogen) atoms. The Balaban J connectivity index is 1.33. The lowest BCUT2D eigenvalue weighted by molar-refractivity contribution is -0.120. The maximum absolute atomic E-state index is 12.5. The first kappa shape index (κ1) is 20.9. The molecule has 4 rings (SSSR count). The number of hydrogen-bond donors (Lipinski definition) is 0. The molecule has 1 saturated carbocycles. The summed E-state index contributed by atoms with van der Waals surface area (Å²) in [5, 5.41) is 0. The third-order valence-electron chi connectivity index (χ3n) is 5.62. The second kappa shape index (κ2) is 9.18. The summed E-state index contributed by atoms with van der Waals surface area (Å²) in [5.41, 5.74) is 0.786. The molecule has 2 aliphatic rings. The summed E-state index contributed by atoms with van der Waals surface area (Å²) in [7, 11) is 1.56. The molecular formula is C23H22O8. The minimum Gasteiger partial charge on any atom is -0.497 e. The highest BCUT2D eigenvalue weighted by Crippen LogP contribution is 2.39. The van der Waals surface area contributed by atoms with Gasteiger partial charge in [0, 0.05) is 5.92 Å². The molecule has 2 aromatic carbocycles. The fourth-order valence-electron chi connectivity index (χ4n) is 4.03. The molecule has 2 aromatic rings. The van der Waals surface area contributed by atoms with Gasteiger partial charge in [0.05, 0.1) is 24.8 Å². The van der Waals surface area contributed by atoms with Crippen LogP contribution in [0.25, 0.3) is 0 Å². The molecular weight excluding hydrogens is 404 g/mol. The molecule has 0 N–H and O–H groups in total. The SMILES string of the molecule is COc1ccc(C(=O)O[C@@H]2CC[C@H]3[C@@H]2OC[C@H]3OC(=O)c2ccc(OC=O)cc2)cc1. The van der Waals surface area contributed by atoms with Crippen LogP contribution in [0.2, 0.25) is 0 Å². The van der Waals surface area contributed by atoms with Crippen molar-refractivity contribution in [2.75, 3.05) is 13.7 Å². The molecule has 0 unspecified atom stereocenters. The van der Waals surface area contributed by atoms with Gasteiger partial charge in [0.25, 0.3) is 6.47 Å². The third kappa shape index (κ3) is 4.54. The summed E-state index contributed by atoms with van der Waals surface area (Å²) in [6, 6.07) is 12.8. The maximum Gasteiger partial charge on any atom is 0.338 e. The van der Waals surface area contributed by atoms with Crippen molar-refractivity contribution in [2.24, 2.45) is 5.92 Å². The van der Waals surface area contributed by atoms with E-state index in [1.165, 1.54) is 24.3 Å². The average molecular weight is 426 g/mol. The fraction of sp³-hybridized carbons (Fsp3) is 0.348. The van der Waals surface area contributed by atoms with Crippen LogP contribution in [0, 0.1) is 5.92 Å². The Kier molecular flexibility index (Phi) is 6.18. The van der Waals surface area contributed by atoms with Gasteiger partial charge in [0.2, 0.25) is 0 Å². The van der Waals surface area contributed by atoms with Crippen molar-refractivity contribution < 1.29 is 38.1 Å². The van der Waals surface area contributed by atoms with E-state index in [0.29, 0.717) is 35.5 Å². The van der Waals surface area contributed by atoms with Crippen molar-refractivity contribution in [1.29, 1.82) is 0 Å². The van der Waals surface area contributed by atoms with E-state index in [-0.39, 0.29) is 24.7 Å². The molecule has 162 valence electrons. The number of rotatable bonds is 7. The predicted octanol–water partition coefficient (Wildman–Crippen LogP) is 2.79. The second-order valence-electron chi connectivity index (χ2n) is 7.39. The zero-order valence-corrected chi connectivity index (χ0v) is 16.9. The van der Waals surface area contributed by atoms with Crippen LogP contribution in [0.15, 0.2) is 48.5 Å². The van der Waals surface area contributed by atoms with Crippen LogP contribution < -0.4 is 9.47 Å². The summed E-state index contributed by atoms with van der Waals surface area (Å²) in [5.74, 6) is 0.0659. The van der Waals surface area contributed by atoms with Gasteiger partial charge in [0.15, 0.2) is 0 Å². The fourth-order valence-corrected chi connectivity index (χ4v) is 4.03. The third-order valence-corrected chi connectivity index (χ3v) is 5.62. The highest BCUT2D eigenvalue weighted by Gasteiger charge is 2.49. The lowest BCUT2D eigenvalue weighted by atomic mass is 10.0. The Morgan fingerprint density at radius 1 is 0.871 bits per heavy atom. The number of methoxy groups -OCH3 is 1. The van der Waals surface area contributed by atoms with E-state index in [2.05, 4.69) is 0 Å². The van der Waals surface area contributed by atoms with Gasteiger partial charge in [-0.3, -0.25) is 4.79 Å². The van der Waals surface area contributed by atoms with Crippen LogP contribution in [-0.2, 0) is 19.0 Å². The predicted molar refractivity (Wildman–Crippen MR) is 107 cm³/mol. The smallest absolute Gasteiger partial charge is 0.338 e. The van der Waals surface area contributed by atoms with Gasteiger partial charge in [-0.2, -0.15) is 0 Å². The van der Waals surface area contributed by atoms with Crippen LogP contribution in [0.3, 0.4) is 0 Å². The van der Waals surface area contributed by atoms with Gasteiger partial charge in [-0.15, -0.1) is 0 Å². The molecule has 1 heterocycles. The van der Waals surface area contributed by atoms with Gasteiger partial charge in [-0.05, 0) is 61.4 Å². The van der Waals surface area contributed by atoms with E-state index < -0.39 is 18.0 Å². The van der Waals surface area contributed by atoms with E-state index in [1.807, 2.05) is 0 Å². The highest BCUT2D eigenvalue weighted by atomic mass is 16.6. The maximum atomic E-state index is 12.5. The number of ether oxygens (including phenoxy) is 5. The topological polar surface area (TPSA) is 97.4 Å². The highest BCUT2D eigenvalue weighted by molar-refractivity contribution is 5.90. The molecule has 1 saturated heterocycles. The number of esters is 2. The Bertz CT molecular complexity index is 937. The average Bonchev–Trinajstić information content (AvgIpc) is 3.38. The first-order valence-electron chi connectivity index (χ1n) is 9.97. The van der Waals surface area contributed by atoms with E-state index in [1.54, 1.807) is 31.4 Å². The minimum absolute atomic E-state index is 0.0321. The van der Waals surface area contributed by atoms with Crippen LogP contribution >= 0.6 is 0 Å². The minimum atomic E-state index is -0.481. The summed E-state index contributed by atoms with van der Waals surface area (Å²) in [4.78, 5) is 35.3. The van der Waals surface area contributed by atoms with Crippen LogP contribution in [-0.4, -0.2) is 50.4 Å². The normalized spacial score (nSPS) is 24.2. The molecule has 0 radical (unpaired) electrons. The molecule has 8 nitrogen and oxygen atoms in total. The van der Waals surface area contributed by atoms with Crippen molar-refractivity contribution >= 4 is 18.4 Å². The Morgan fingerprint density at radius 2 is 1.45 bits per heavy atom. The summed E-state index contributed by atoms with van der Waals surface area (Å²) in [6.45, 7) is 0.575. The van der Waals surface area contributed by atoms with Crippen molar-refractivity contribution in [3.63, 3.8) is 0 Å². The quantitative estimate of drug-likeness (QED) is 0.493. The first-order chi connectivity index (χ1) is 15.1. The van der Waals surface area contributed by atoms with Crippen molar-refractivity contribution in [1.82, 2.24) is 0 Å². The van der Waals surface area contributed by atoms with E-state index in [9.17, 15) is 14.4 Å². The Morgan fingerprint density at radius 3 is 2.03 bits per heavy atom. The largest absolute Gasteiger partial charge is 0.497 e. The number of carbonyl (C=O) groups is 3. The molecule has 1 aliphatic heterocycles. The number of benzene rings is 2. The molecule has 0 bridgehead atoms. The zero-order valence-electron chi connectivity index (χ0n) is 16.9. The lowest BCUT2D eigenvalue weighted by Gasteiger charge is -2.19. The van der Waals surface area contributed by atoms with E-state index in [0.717, 1.165) is 6.42 Å². The molecule has 4 atom stereocenters. The molecule has 1 aliphatic carbocycles. The van der Waals surface area contributed by atoms with Gasteiger partial charge < -0.3 is 23.7 Å². The second-order valence-corrected chi connectivity index (χ2v) is 7.39. The number of hydrogen-bond acceptors (Lipinski definition) is 8. The Hall–Kier alpha value is -3.39. The van der Waals surface area contributed by atoms with Gasteiger partial charge in [-0.1, -0.05) is 0 Å². The Labute approximate surface area is 179 Å². The zero-order chi connectivity index (χ0) is 21.8. The molecule has 2 fully saturated rings. The van der Waals surface area contributed by atoms with Gasteiger partial charge in [0.1, 0.15) is 29.8 Å². The summed E-state index contributed by atoms with van der Waals surface area (Å²) < 4.78 is 27.0. The van der Waals surface area contributed by atoms with Gasteiger partial charge >= 0.3 is 11.9 Å². The van der Waals surface area contributed by atoms with E-state index >= 15 is 0 Å². The lowest BCUT2D eigenvalue weighted by Crippen LogP contribution is -2.31. The molecule has 8 heteroatoms. The van der Waals surface area contributed by atoms with Crippen LogP contribution in [0.1, 0.15) is 33.6 Å². The molecule has 0 amide bonds. The standard InChI is InChI=1S/C23H22O8/c1-27-16-6-2-14(3-7-16)22(25)30-19-11-10-18-20(12-28-21(18)19)31-23(26)15-4-8-17(9-5-15)29-13-24/h2-9,13,18-21H,10-12H2,1H3/t18-,19-,20-,21+/m1/s1. The van der Waals surface area contributed by atoms with Crippen molar-refractivity contribution in [3.05, 3.63) is 59.7 Å². The summed E-state index contributed by atoms with van der Waals surface area (Å²) >= 11 is 0. The summed E-state index contributed by atoms with van der Waals surface area (Å²) in [6.07, 6.45) is 0.276. The molecule has 0 aromatic heterocycles. The number of carbonyl (C=O) groups excluding carboxylic acids is 3. The van der Waals surface area contributed by atoms with Crippen LogP contribution in [0.4, 0.5) is 0 Å². The van der Waals surface area contributed by atoms with Gasteiger partial charge in [-0.25, -0.2) is 9.59 Å². The first-order valence-corrected chi connectivity index (χ1v) is 9.97. The molecule has 0 spiro atoms. The van der Waals surface area contributed by atoms with Crippen molar-refractivity contribution in [2.45, 2.75) is 31.2 Å². The van der Waals surface area contributed by atoms with E-state index in [4.69, 9.17) is 23.7 Å². The van der Waals surface area contributed by atoms with Crippen LogP contribution in [0.5, 0.6) is 11.5 Å². The number of fused-ring (bicyclic) bond motifs is 1. The monoisotopic (exact) mass is 426 g/mol. The van der Waals surface area contributed by atoms with Crippen molar-refractivity contribution in [3.8, 4) is 11.5 Å².